The van der Waals surface area contributed by atoms with Crippen molar-refractivity contribution in [2.24, 2.45) is 0 Å². The number of hydrogen-bond acceptors (Lipinski definition) is 6. The number of nitrogens with zero attached hydrogens (tertiary/aromatic N) is 3. The molecule has 10 heteroatoms. The van der Waals surface area contributed by atoms with E-state index in [4.69, 9.17) is 4.74 Å². The Balaban J connectivity index is 1.72. The van der Waals surface area contributed by atoms with Gasteiger partial charge < -0.3 is 15.4 Å². The molecule has 3 rings (SSSR count). The minimum Gasteiger partial charge on any atom is -0.494 e. The lowest BCUT2D eigenvalue weighted by Gasteiger charge is -2.12. The van der Waals surface area contributed by atoms with Crippen molar-refractivity contribution in [1.29, 1.82) is 0 Å². The molecule has 0 bridgehead atoms. The van der Waals surface area contributed by atoms with E-state index in [1.165, 1.54) is 18.5 Å². The third-order valence-electron chi connectivity index (χ3n) is 4.69. The van der Waals surface area contributed by atoms with Gasteiger partial charge in [-0.25, -0.2) is 0 Å². The molecular formula is C22H23N5O5. The fraction of sp³-hybridized carbons (Fsp3) is 0.227. The molecule has 0 saturated heterocycles. The number of carbonyl (C=O) groups excluding carboxylic acids is 2. The smallest absolute Gasteiger partial charge is 0.312 e. The number of aryl methyl sites for hydroxylation is 1. The number of nitro groups is 1. The Kier molecular flexibility index (Phi) is 6.83. The molecule has 0 radical (unpaired) electrons. The van der Waals surface area contributed by atoms with Gasteiger partial charge in [0.2, 0.25) is 5.91 Å². The zero-order valence-electron chi connectivity index (χ0n) is 17.9. The molecule has 0 unspecified atom stereocenters. The van der Waals surface area contributed by atoms with Gasteiger partial charge in [0, 0.05) is 5.69 Å². The van der Waals surface area contributed by atoms with Gasteiger partial charge in [-0.2, -0.15) is 5.10 Å². The van der Waals surface area contributed by atoms with Gasteiger partial charge in [0.05, 0.1) is 22.8 Å². The van der Waals surface area contributed by atoms with Gasteiger partial charge in [0.1, 0.15) is 23.7 Å². The first-order valence-corrected chi connectivity index (χ1v) is 9.91. The molecule has 0 saturated carbocycles. The van der Waals surface area contributed by atoms with Gasteiger partial charge in [-0.15, -0.1) is 0 Å². The SMILES string of the molecule is CCOc1ccc(NC(=O)c2ccccc2NC(=O)Cn2nc(C)c([N+](=O)[O-])c2C)cc1. The summed E-state index contributed by atoms with van der Waals surface area (Å²) in [7, 11) is 0. The van der Waals surface area contributed by atoms with E-state index >= 15 is 0 Å². The van der Waals surface area contributed by atoms with Crippen LogP contribution in [-0.2, 0) is 11.3 Å². The van der Waals surface area contributed by atoms with Crippen LogP contribution in [0.15, 0.2) is 48.5 Å². The normalized spacial score (nSPS) is 10.5. The van der Waals surface area contributed by atoms with Crippen molar-refractivity contribution >= 4 is 28.9 Å². The number of nitrogens with one attached hydrogen (secondary N) is 2. The predicted molar refractivity (Wildman–Crippen MR) is 119 cm³/mol. The molecule has 32 heavy (non-hydrogen) atoms. The second-order valence-electron chi connectivity index (χ2n) is 6.94. The maximum absolute atomic E-state index is 12.8. The van der Waals surface area contributed by atoms with E-state index in [9.17, 15) is 19.7 Å². The Morgan fingerprint density at radius 3 is 2.41 bits per heavy atom. The molecular weight excluding hydrogens is 414 g/mol. The van der Waals surface area contributed by atoms with Crippen LogP contribution in [0.3, 0.4) is 0 Å². The van der Waals surface area contributed by atoms with Crippen LogP contribution < -0.4 is 15.4 Å². The first kappa shape index (κ1) is 22.5. The molecule has 2 aromatic carbocycles. The molecule has 2 amide bonds. The molecule has 3 aromatic rings. The molecule has 0 fully saturated rings. The fourth-order valence-electron chi connectivity index (χ4n) is 3.22. The summed E-state index contributed by atoms with van der Waals surface area (Å²) in [5.74, 6) is -0.166. The molecule has 0 aliphatic rings. The standard InChI is InChI=1S/C22H23N5O5/c1-4-32-17-11-9-16(10-12-17)23-22(29)18-7-5-6-8-19(18)24-20(28)13-26-15(3)21(27(30)31)14(2)25-26/h5-12H,4,13H2,1-3H3,(H,23,29)(H,24,28). The van der Waals surface area contributed by atoms with Crippen LogP contribution in [0.2, 0.25) is 0 Å². The van der Waals surface area contributed by atoms with E-state index in [1.54, 1.807) is 48.5 Å². The number of benzene rings is 2. The zero-order chi connectivity index (χ0) is 23.3. The predicted octanol–water partition coefficient (Wildman–Crippen LogP) is 3.70. The maximum Gasteiger partial charge on any atom is 0.312 e. The first-order valence-electron chi connectivity index (χ1n) is 9.91. The van der Waals surface area contributed by atoms with Crippen LogP contribution in [0.1, 0.15) is 28.7 Å². The van der Waals surface area contributed by atoms with Crippen LogP contribution in [0.5, 0.6) is 5.75 Å². The van der Waals surface area contributed by atoms with Crippen molar-refractivity contribution in [3.8, 4) is 5.75 Å². The molecule has 1 aromatic heterocycles. The molecule has 0 spiro atoms. The van der Waals surface area contributed by atoms with E-state index in [-0.39, 0.29) is 29.2 Å². The highest BCUT2D eigenvalue weighted by molar-refractivity contribution is 6.10. The molecule has 0 aliphatic carbocycles. The second-order valence-corrected chi connectivity index (χ2v) is 6.94. The average Bonchev–Trinajstić information content (AvgIpc) is 3.02. The Morgan fingerprint density at radius 1 is 1.09 bits per heavy atom. The van der Waals surface area contributed by atoms with E-state index < -0.39 is 16.7 Å². The average molecular weight is 437 g/mol. The number of amides is 2. The number of para-hydroxylation sites is 1. The van der Waals surface area contributed by atoms with Crippen molar-refractivity contribution in [2.75, 3.05) is 17.2 Å². The van der Waals surface area contributed by atoms with Crippen molar-refractivity contribution < 1.29 is 19.2 Å². The highest BCUT2D eigenvalue weighted by Gasteiger charge is 2.23. The molecule has 10 nitrogen and oxygen atoms in total. The van der Waals surface area contributed by atoms with Gasteiger partial charge in [-0.3, -0.25) is 24.4 Å². The quantitative estimate of drug-likeness (QED) is 0.408. The lowest BCUT2D eigenvalue weighted by molar-refractivity contribution is -0.386. The van der Waals surface area contributed by atoms with Gasteiger partial charge in [-0.05, 0) is 57.2 Å². The largest absolute Gasteiger partial charge is 0.494 e. The van der Waals surface area contributed by atoms with Crippen LogP contribution in [0.4, 0.5) is 17.1 Å². The summed E-state index contributed by atoms with van der Waals surface area (Å²) in [6.07, 6.45) is 0. The summed E-state index contributed by atoms with van der Waals surface area (Å²) in [5.41, 5.74) is 1.56. The second kappa shape index (κ2) is 9.73. The lowest BCUT2D eigenvalue weighted by Crippen LogP contribution is -2.22. The Morgan fingerprint density at radius 2 is 1.78 bits per heavy atom. The lowest BCUT2D eigenvalue weighted by atomic mass is 10.1. The molecule has 0 atom stereocenters. The van der Waals surface area contributed by atoms with E-state index in [2.05, 4.69) is 15.7 Å². The summed E-state index contributed by atoms with van der Waals surface area (Å²) in [6.45, 7) is 5.25. The minimum atomic E-state index is -0.521. The van der Waals surface area contributed by atoms with Crippen LogP contribution in [0.25, 0.3) is 0 Å². The third-order valence-corrected chi connectivity index (χ3v) is 4.69. The summed E-state index contributed by atoms with van der Waals surface area (Å²) >= 11 is 0. The Hall–Kier alpha value is -4.21. The fourth-order valence-corrected chi connectivity index (χ4v) is 3.22. The van der Waals surface area contributed by atoms with E-state index in [0.29, 0.717) is 23.7 Å². The highest BCUT2D eigenvalue weighted by Crippen LogP contribution is 2.23. The Bertz CT molecular complexity index is 1150. The number of aromatic nitrogens is 2. The summed E-state index contributed by atoms with van der Waals surface area (Å²) in [6, 6.07) is 13.5. The minimum absolute atomic E-state index is 0.118. The van der Waals surface area contributed by atoms with Gasteiger partial charge >= 0.3 is 5.69 Å². The van der Waals surface area contributed by atoms with Gasteiger partial charge in [0.25, 0.3) is 5.91 Å². The highest BCUT2D eigenvalue weighted by atomic mass is 16.6. The first-order chi connectivity index (χ1) is 15.3. The monoisotopic (exact) mass is 437 g/mol. The topological polar surface area (TPSA) is 128 Å². The maximum atomic E-state index is 12.8. The van der Waals surface area contributed by atoms with Crippen molar-refractivity contribution in [3.05, 3.63) is 75.6 Å². The molecule has 166 valence electrons. The number of anilines is 2. The van der Waals surface area contributed by atoms with Crippen molar-refractivity contribution in [1.82, 2.24) is 9.78 Å². The van der Waals surface area contributed by atoms with Crippen LogP contribution >= 0.6 is 0 Å². The molecule has 2 N–H and O–H groups in total. The van der Waals surface area contributed by atoms with Gasteiger partial charge in [0.15, 0.2) is 0 Å². The number of carbonyl (C=O) groups is 2. The summed E-state index contributed by atoms with van der Waals surface area (Å²) in [4.78, 5) is 36.0. The van der Waals surface area contributed by atoms with Crippen LogP contribution in [0, 0.1) is 24.0 Å². The molecule has 0 aliphatic heterocycles. The van der Waals surface area contributed by atoms with E-state index in [0.717, 1.165) is 0 Å². The number of rotatable bonds is 8. The number of hydrogen-bond donors (Lipinski definition) is 2. The zero-order valence-corrected chi connectivity index (χ0v) is 17.9. The van der Waals surface area contributed by atoms with Crippen LogP contribution in [-0.4, -0.2) is 33.1 Å². The molecule has 1 heterocycles. The van der Waals surface area contributed by atoms with Gasteiger partial charge in [-0.1, -0.05) is 12.1 Å². The van der Waals surface area contributed by atoms with Crippen molar-refractivity contribution in [2.45, 2.75) is 27.3 Å². The number of ether oxygens (including phenoxy) is 1. The summed E-state index contributed by atoms with van der Waals surface area (Å²) in [5, 5.41) is 20.7. The van der Waals surface area contributed by atoms with Crippen molar-refractivity contribution in [3.63, 3.8) is 0 Å². The Labute approximate surface area is 184 Å². The third kappa shape index (κ3) is 5.09. The van der Waals surface area contributed by atoms with E-state index in [1.807, 2.05) is 6.92 Å². The summed E-state index contributed by atoms with van der Waals surface area (Å²) < 4.78 is 6.66.